The van der Waals surface area contributed by atoms with Gasteiger partial charge >= 0.3 is 5.97 Å². The van der Waals surface area contributed by atoms with Crippen LogP contribution in [0.5, 0.6) is 5.75 Å². The van der Waals surface area contributed by atoms with E-state index in [4.69, 9.17) is 14.5 Å². The van der Waals surface area contributed by atoms with Crippen LogP contribution < -0.4 is 9.64 Å². The van der Waals surface area contributed by atoms with Crippen molar-refractivity contribution in [3.63, 3.8) is 0 Å². The molecule has 0 saturated heterocycles. The van der Waals surface area contributed by atoms with Crippen molar-refractivity contribution < 1.29 is 14.3 Å². The zero-order chi connectivity index (χ0) is 30.7. The number of unbranched alkanes of at least 4 members (excludes halogenated alkanes) is 2. The number of esters is 1. The van der Waals surface area contributed by atoms with Gasteiger partial charge in [-0.3, -0.25) is 4.98 Å². The number of ether oxygens (including phenoxy) is 2. The van der Waals surface area contributed by atoms with Crippen molar-refractivity contribution in [2.24, 2.45) is 7.05 Å². The number of hydrogen-bond acceptors (Lipinski definition) is 5. The summed E-state index contributed by atoms with van der Waals surface area (Å²) in [6.07, 6.45) is 6.23. The lowest BCUT2D eigenvalue weighted by Gasteiger charge is -2.33. The molecule has 0 saturated carbocycles. The summed E-state index contributed by atoms with van der Waals surface area (Å²) in [5, 5.41) is 0.999. The largest absolute Gasteiger partial charge is 0.493 e. The van der Waals surface area contributed by atoms with Gasteiger partial charge in [0.05, 0.1) is 17.9 Å². The predicted octanol–water partition coefficient (Wildman–Crippen LogP) is 8.51. The predicted molar refractivity (Wildman–Crippen MR) is 178 cm³/mol. The zero-order valence-electron chi connectivity index (χ0n) is 26.2. The molecule has 226 valence electrons. The van der Waals surface area contributed by atoms with E-state index in [0.29, 0.717) is 23.6 Å². The Morgan fingerprint density at radius 1 is 0.886 bits per heavy atom. The minimum Gasteiger partial charge on any atom is -0.493 e. The number of cyclic esters (lactones) is 1. The van der Waals surface area contributed by atoms with E-state index in [1.165, 1.54) is 0 Å². The van der Waals surface area contributed by atoms with E-state index in [1.807, 2.05) is 43.3 Å². The molecule has 1 aliphatic heterocycles. The van der Waals surface area contributed by atoms with Crippen LogP contribution in [-0.4, -0.2) is 35.2 Å². The monoisotopic (exact) mass is 587 g/mol. The Kier molecular flexibility index (Phi) is 8.42. The molecule has 5 aromatic rings. The van der Waals surface area contributed by atoms with Crippen LogP contribution in [0.3, 0.4) is 0 Å². The summed E-state index contributed by atoms with van der Waals surface area (Å²) in [5.74, 6) is 0.306. The van der Waals surface area contributed by atoms with Crippen molar-refractivity contribution in [1.82, 2.24) is 9.55 Å². The average Bonchev–Trinajstić information content (AvgIpc) is 3.53. The second-order valence-electron chi connectivity index (χ2n) is 11.4. The number of rotatable bonds is 12. The summed E-state index contributed by atoms with van der Waals surface area (Å²) in [6, 6.07) is 28.6. The Morgan fingerprint density at radius 3 is 2.34 bits per heavy atom. The Morgan fingerprint density at radius 2 is 1.61 bits per heavy atom. The lowest BCUT2D eigenvalue weighted by atomic mass is 9.79. The summed E-state index contributed by atoms with van der Waals surface area (Å²) < 4.78 is 15.3. The van der Waals surface area contributed by atoms with E-state index >= 15 is 0 Å². The lowest BCUT2D eigenvalue weighted by molar-refractivity contribution is 0.0241. The maximum Gasteiger partial charge on any atom is 0.341 e. The van der Waals surface area contributed by atoms with E-state index < -0.39 is 5.60 Å². The van der Waals surface area contributed by atoms with Gasteiger partial charge in [0.2, 0.25) is 5.60 Å². The molecule has 0 bridgehead atoms. The van der Waals surface area contributed by atoms with E-state index in [2.05, 4.69) is 72.8 Å². The van der Waals surface area contributed by atoms with Crippen molar-refractivity contribution in [2.75, 3.05) is 24.6 Å². The first-order chi connectivity index (χ1) is 21.5. The number of benzene rings is 3. The molecule has 1 atom stereocenters. The second kappa shape index (κ2) is 12.6. The highest BCUT2D eigenvalue weighted by atomic mass is 16.6. The first-order valence-corrected chi connectivity index (χ1v) is 15.9. The van der Waals surface area contributed by atoms with Crippen molar-refractivity contribution in [3.05, 3.63) is 114 Å². The molecule has 0 amide bonds. The molecule has 2 aromatic heterocycles. The van der Waals surface area contributed by atoms with Gasteiger partial charge in [0, 0.05) is 60.1 Å². The molecule has 0 fully saturated rings. The summed E-state index contributed by atoms with van der Waals surface area (Å²) in [4.78, 5) is 21.1. The second-order valence-corrected chi connectivity index (χ2v) is 11.4. The highest BCUT2D eigenvalue weighted by Gasteiger charge is 2.54. The quantitative estimate of drug-likeness (QED) is 0.137. The third-order valence-corrected chi connectivity index (χ3v) is 8.69. The van der Waals surface area contributed by atoms with Crippen LogP contribution in [0.2, 0.25) is 0 Å². The van der Waals surface area contributed by atoms with Gasteiger partial charge in [-0.25, -0.2) is 4.79 Å². The smallest absolute Gasteiger partial charge is 0.341 e. The van der Waals surface area contributed by atoms with Crippen molar-refractivity contribution in [1.29, 1.82) is 0 Å². The summed E-state index contributed by atoms with van der Waals surface area (Å²) in [6.45, 7) is 8.88. The number of nitrogens with zero attached hydrogens (tertiary/aromatic N) is 3. The van der Waals surface area contributed by atoms with Gasteiger partial charge in [-0.05, 0) is 55.7 Å². The highest BCUT2D eigenvalue weighted by Crippen LogP contribution is 2.54. The van der Waals surface area contributed by atoms with Crippen LogP contribution in [-0.2, 0) is 17.4 Å². The Balaban J connectivity index is 1.68. The number of fused-ring (bicyclic) bond motifs is 2. The summed E-state index contributed by atoms with van der Waals surface area (Å²) in [7, 11) is 2.07. The number of pyridine rings is 1. The van der Waals surface area contributed by atoms with E-state index in [1.54, 1.807) is 12.3 Å². The van der Waals surface area contributed by atoms with Gasteiger partial charge < -0.3 is 18.9 Å². The van der Waals surface area contributed by atoms with Gasteiger partial charge in [0.1, 0.15) is 11.4 Å². The van der Waals surface area contributed by atoms with Gasteiger partial charge in [-0.1, -0.05) is 75.2 Å². The minimum atomic E-state index is -1.33. The Bertz CT molecular complexity index is 1770. The fourth-order valence-electron chi connectivity index (χ4n) is 6.60. The maximum atomic E-state index is 13.8. The maximum absolute atomic E-state index is 13.8. The fourth-order valence-corrected chi connectivity index (χ4v) is 6.60. The topological polar surface area (TPSA) is 56.6 Å². The zero-order valence-corrected chi connectivity index (χ0v) is 26.2. The van der Waals surface area contributed by atoms with Crippen LogP contribution in [0.1, 0.15) is 73.6 Å². The van der Waals surface area contributed by atoms with E-state index in [9.17, 15) is 4.79 Å². The standard InChI is InChI=1S/C38H41N3O3/c1-5-8-24-41(25-9-6-2)28-21-22-31(33(26-28)43-7-3)38(36-30(37(42)44-38)19-15-23-39-36)34-29-18-13-14-20-32(29)40(4)35(34)27-16-11-10-12-17-27/h10-23,26H,5-9,24-25H2,1-4H3. The SMILES string of the molecule is CCCCN(CCCC)c1ccc(C2(c3c(-c4ccccc4)n(C)c4ccccc34)OC(=O)c3cccnc32)c(OCC)c1. The lowest BCUT2D eigenvalue weighted by Crippen LogP contribution is -2.32. The average molecular weight is 588 g/mol. The third kappa shape index (κ3) is 4.92. The molecule has 0 radical (unpaired) electrons. The number of hydrogen-bond donors (Lipinski definition) is 0. The number of aromatic nitrogens is 2. The molecule has 6 nitrogen and oxygen atoms in total. The molecule has 0 aliphatic carbocycles. The van der Waals surface area contributed by atoms with Crippen molar-refractivity contribution in [3.8, 4) is 17.0 Å². The molecule has 6 heteroatoms. The van der Waals surface area contributed by atoms with Gasteiger partial charge in [0.15, 0.2) is 0 Å². The number of aryl methyl sites for hydroxylation is 1. The fraction of sp³-hybridized carbons (Fsp3) is 0.316. The Labute approximate surface area is 260 Å². The van der Waals surface area contributed by atoms with Crippen molar-refractivity contribution in [2.45, 2.75) is 52.1 Å². The van der Waals surface area contributed by atoms with Crippen LogP contribution in [0.15, 0.2) is 91.1 Å². The molecule has 0 spiro atoms. The molecular weight excluding hydrogens is 546 g/mol. The first kappa shape index (κ1) is 29.5. The van der Waals surface area contributed by atoms with Crippen LogP contribution in [0.25, 0.3) is 22.2 Å². The number of carbonyl (C=O) groups is 1. The summed E-state index contributed by atoms with van der Waals surface area (Å²) in [5.41, 5.74) is 5.53. The molecule has 0 N–H and O–H groups in total. The van der Waals surface area contributed by atoms with Crippen LogP contribution in [0.4, 0.5) is 5.69 Å². The van der Waals surface area contributed by atoms with Crippen LogP contribution in [0, 0.1) is 0 Å². The van der Waals surface area contributed by atoms with Crippen molar-refractivity contribution >= 4 is 22.6 Å². The Hall–Kier alpha value is -4.58. The normalized spacial score (nSPS) is 15.8. The summed E-state index contributed by atoms with van der Waals surface area (Å²) >= 11 is 0. The molecule has 6 rings (SSSR count). The minimum absolute atomic E-state index is 0.390. The van der Waals surface area contributed by atoms with Gasteiger partial charge in [-0.15, -0.1) is 0 Å². The van der Waals surface area contributed by atoms with E-state index in [0.717, 1.165) is 77.7 Å². The van der Waals surface area contributed by atoms with Crippen LogP contribution >= 0.6 is 0 Å². The number of carbonyl (C=O) groups excluding carboxylic acids is 1. The molecular formula is C38H41N3O3. The van der Waals surface area contributed by atoms with Gasteiger partial charge in [-0.2, -0.15) is 0 Å². The van der Waals surface area contributed by atoms with E-state index in [-0.39, 0.29) is 5.97 Å². The molecule has 1 unspecified atom stereocenters. The number of para-hydroxylation sites is 1. The molecule has 44 heavy (non-hydrogen) atoms. The third-order valence-electron chi connectivity index (χ3n) is 8.69. The number of anilines is 1. The molecule has 1 aliphatic rings. The molecule has 3 aromatic carbocycles. The highest BCUT2D eigenvalue weighted by molar-refractivity contribution is 6.00. The first-order valence-electron chi connectivity index (χ1n) is 15.9. The van der Waals surface area contributed by atoms with Gasteiger partial charge in [0.25, 0.3) is 0 Å². The molecule has 3 heterocycles.